The highest BCUT2D eigenvalue weighted by Gasteiger charge is 2.46. The Hall–Kier alpha value is -0.135. The van der Waals surface area contributed by atoms with Crippen molar-refractivity contribution in [2.24, 2.45) is 0 Å². The first-order chi connectivity index (χ1) is 13.7. The molecule has 1 aliphatic rings. The van der Waals surface area contributed by atoms with Crippen LogP contribution in [0.25, 0.3) is 0 Å². The first kappa shape index (κ1) is 25.9. The van der Waals surface area contributed by atoms with E-state index in [1.165, 1.54) is 0 Å². The maximum absolute atomic E-state index is 6.35. The van der Waals surface area contributed by atoms with E-state index in [1.54, 1.807) is 0 Å². The molecule has 166 valence electrons. The van der Waals surface area contributed by atoms with E-state index in [1.807, 2.05) is 0 Å². The quantitative estimate of drug-likeness (QED) is 0.275. The van der Waals surface area contributed by atoms with Crippen molar-refractivity contribution in [1.82, 2.24) is 0 Å². The molecule has 5 unspecified atom stereocenters. The highest BCUT2D eigenvalue weighted by Crippen LogP contribution is 2.28. The molecule has 0 bridgehead atoms. The summed E-state index contributed by atoms with van der Waals surface area (Å²) in [7, 11) is 2.09. The third-order valence-corrected chi connectivity index (χ3v) is 5.22. The second-order valence-electron chi connectivity index (χ2n) is 7.88. The van der Waals surface area contributed by atoms with Gasteiger partial charge in [0.15, 0.2) is 0 Å². The molecule has 1 aliphatic heterocycles. The average Bonchev–Trinajstić information content (AvgIpc) is 2.69. The van der Waals surface area contributed by atoms with Crippen molar-refractivity contribution in [3.8, 4) is 0 Å². The lowest BCUT2D eigenvalue weighted by Crippen LogP contribution is -2.61. The van der Waals surface area contributed by atoms with Crippen LogP contribution in [-0.4, -0.2) is 71.3 Å². The van der Waals surface area contributed by atoms with Crippen molar-refractivity contribution >= 4 is 7.85 Å². The molecule has 0 N–H and O–H groups in total. The van der Waals surface area contributed by atoms with Crippen LogP contribution in [0.1, 0.15) is 79.1 Å². The molecule has 1 heterocycles. The summed E-state index contributed by atoms with van der Waals surface area (Å²) in [5.41, 5.74) is 0. The van der Waals surface area contributed by atoms with Gasteiger partial charge in [0, 0.05) is 26.4 Å². The Bertz CT molecular complexity index is 358. The highest BCUT2D eigenvalue weighted by molar-refractivity contribution is 6.11. The van der Waals surface area contributed by atoms with Gasteiger partial charge in [-0.1, -0.05) is 53.4 Å². The summed E-state index contributed by atoms with van der Waals surface area (Å²) in [4.78, 5) is 0. The maximum atomic E-state index is 6.35. The Labute approximate surface area is 174 Å². The lowest BCUT2D eigenvalue weighted by molar-refractivity contribution is -0.249. The summed E-state index contributed by atoms with van der Waals surface area (Å²) in [5, 5.41) is 0. The van der Waals surface area contributed by atoms with Gasteiger partial charge >= 0.3 is 0 Å². The standard InChI is InChI=1S/C22H45BO5/c1-5-9-13-24-17-18-19(25-14-10-6-2)20(26-15-11-7-3)21(22(23)28-18)27-16-12-8-4/h18-22H,5-17,23H2,1-4H3. The zero-order chi connectivity index (χ0) is 20.6. The smallest absolute Gasteiger partial charge is 0.142 e. The summed E-state index contributed by atoms with van der Waals surface area (Å²) in [6, 6.07) is -0.0331. The van der Waals surface area contributed by atoms with Gasteiger partial charge in [-0.2, -0.15) is 0 Å². The SMILES string of the molecule is BC1OC(COCCCC)C(OCCCC)C(OCCCC)C1OCCCC. The van der Waals surface area contributed by atoms with E-state index in [9.17, 15) is 0 Å². The molecule has 0 aromatic rings. The van der Waals surface area contributed by atoms with Crippen molar-refractivity contribution in [3.05, 3.63) is 0 Å². The molecule has 5 atom stereocenters. The topological polar surface area (TPSA) is 46.2 Å². The molecule has 5 nitrogen and oxygen atoms in total. The molecule has 1 rings (SSSR count). The minimum Gasteiger partial charge on any atom is -0.379 e. The summed E-state index contributed by atoms with van der Waals surface area (Å²) in [6.45, 7) is 12.2. The fraction of sp³-hybridized carbons (Fsp3) is 1.00. The predicted octanol–water partition coefficient (Wildman–Crippen LogP) is 3.72. The van der Waals surface area contributed by atoms with Crippen LogP contribution < -0.4 is 0 Å². The fourth-order valence-electron chi connectivity index (χ4n) is 3.39. The lowest BCUT2D eigenvalue weighted by Gasteiger charge is -2.45. The van der Waals surface area contributed by atoms with Gasteiger partial charge in [-0.3, -0.25) is 0 Å². The molecule has 0 aromatic heterocycles. The molecule has 0 spiro atoms. The zero-order valence-corrected chi connectivity index (χ0v) is 19.1. The molecule has 1 saturated heterocycles. The molecule has 6 heteroatoms. The van der Waals surface area contributed by atoms with Gasteiger partial charge in [0.05, 0.1) is 12.6 Å². The van der Waals surface area contributed by atoms with Crippen molar-refractivity contribution in [2.75, 3.05) is 33.0 Å². The molecule has 0 aromatic carbocycles. The summed E-state index contributed by atoms with van der Waals surface area (Å²) < 4.78 is 31.1. The van der Waals surface area contributed by atoms with E-state index in [0.29, 0.717) is 6.61 Å². The van der Waals surface area contributed by atoms with Gasteiger partial charge in [0.25, 0.3) is 0 Å². The van der Waals surface area contributed by atoms with Crippen LogP contribution in [0.5, 0.6) is 0 Å². The highest BCUT2D eigenvalue weighted by atomic mass is 16.6. The van der Waals surface area contributed by atoms with Crippen LogP contribution in [0.3, 0.4) is 0 Å². The van der Waals surface area contributed by atoms with E-state index >= 15 is 0 Å². The van der Waals surface area contributed by atoms with Gasteiger partial charge in [-0.05, 0) is 25.7 Å². The number of rotatable bonds is 17. The first-order valence-corrected chi connectivity index (χ1v) is 11.8. The van der Waals surface area contributed by atoms with E-state index in [2.05, 4.69) is 35.5 Å². The Kier molecular flexibility index (Phi) is 15.4. The monoisotopic (exact) mass is 400 g/mol. The van der Waals surface area contributed by atoms with E-state index in [-0.39, 0.29) is 30.4 Å². The predicted molar refractivity (Wildman–Crippen MR) is 117 cm³/mol. The Morgan fingerprint density at radius 1 is 0.643 bits per heavy atom. The number of unbranched alkanes of at least 4 members (excludes halogenated alkanes) is 4. The molecule has 1 fully saturated rings. The van der Waals surface area contributed by atoms with E-state index in [4.69, 9.17) is 23.7 Å². The molecule has 28 heavy (non-hydrogen) atoms. The van der Waals surface area contributed by atoms with Crippen molar-refractivity contribution < 1.29 is 23.7 Å². The number of ether oxygens (including phenoxy) is 5. The molecule has 0 amide bonds. The van der Waals surface area contributed by atoms with Crippen LogP contribution in [0, 0.1) is 0 Å². The maximum Gasteiger partial charge on any atom is 0.142 e. The molecule has 0 aliphatic carbocycles. The summed E-state index contributed by atoms with van der Waals surface area (Å²) >= 11 is 0. The average molecular weight is 400 g/mol. The first-order valence-electron chi connectivity index (χ1n) is 11.8. The molecular formula is C22H45BO5. The van der Waals surface area contributed by atoms with Crippen LogP contribution in [0.2, 0.25) is 0 Å². The van der Waals surface area contributed by atoms with Crippen molar-refractivity contribution in [2.45, 2.75) is 109 Å². The normalized spacial score (nSPS) is 27.9. The van der Waals surface area contributed by atoms with Gasteiger partial charge < -0.3 is 23.7 Å². The second kappa shape index (κ2) is 16.6. The van der Waals surface area contributed by atoms with Crippen LogP contribution in [-0.2, 0) is 23.7 Å². The van der Waals surface area contributed by atoms with Crippen molar-refractivity contribution in [3.63, 3.8) is 0 Å². The molecule has 0 radical (unpaired) electrons. The molecule has 0 saturated carbocycles. The van der Waals surface area contributed by atoms with Gasteiger partial charge in [0.2, 0.25) is 0 Å². The lowest BCUT2D eigenvalue weighted by atomic mass is 9.84. The minimum atomic E-state index is -0.146. The zero-order valence-electron chi connectivity index (χ0n) is 19.1. The van der Waals surface area contributed by atoms with Gasteiger partial charge in [-0.25, -0.2) is 0 Å². The van der Waals surface area contributed by atoms with Gasteiger partial charge in [0.1, 0.15) is 32.3 Å². The third kappa shape index (κ3) is 9.58. The van der Waals surface area contributed by atoms with Crippen LogP contribution in [0.15, 0.2) is 0 Å². The third-order valence-electron chi connectivity index (χ3n) is 5.22. The summed E-state index contributed by atoms with van der Waals surface area (Å²) in [6.07, 6.45) is 8.23. The van der Waals surface area contributed by atoms with Crippen molar-refractivity contribution in [1.29, 1.82) is 0 Å². The number of hydrogen-bond acceptors (Lipinski definition) is 5. The van der Waals surface area contributed by atoms with Crippen LogP contribution >= 0.6 is 0 Å². The summed E-state index contributed by atoms with van der Waals surface area (Å²) in [5.74, 6) is 0. The van der Waals surface area contributed by atoms with Gasteiger partial charge in [-0.15, -0.1) is 0 Å². The fourth-order valence-corrected chi connectivity index (χ4v) is 3.39. The minimum absolute atomic E-state index is 0.0331. The molecular weight excluding hydrogens is 355 g/mol. The Morgan fingerprint density at radius 3 is 1.64 bits per heavy atom. The van der Waals surface area contributed by atoms with E-state index < -0.39 is 0 Å². The Morgan fingerprint density at radius 2 is 1.11 bits per heavy atom. The van der Waals surface area contributed by atoms with Crippen LogP contribution in [0.4, 0.5) is 0 Å². The Balaban J connectivity index is 2.84. The van der Waals surface area contributed by atoms with E-state index in [0.717, 1.165) is 77.8 Å². The number of hydrogen-bond donors (Lipinski definition) is 0. The largest absolute Gasteiger partial charge is 0.379 e. The second-order valence-corrected chi connectivity index (χ2v) is 7.88.